The molecule has 5 heteroatoms. The van der Waals surface area contributed by atoms with Crippen LogP contribution in [0.1, 0.15) is 25.8 Å². The Morgan fingerprint density at radius 2 is 1.89 bits per heavy atom. The van der Waals surface area contributed by atoms with Crippen LogP contribution in [-0.2, 0) is 20.3 Å². The van der Waals surface area contributed by atoms with Gasteiger partial charge in [0.1, 0.15) is 9.34 Å². The van der Waals surface area contributed by atoms with Gasteiger partial charge in [-0.25, -0.2) is 0 Å². The first-order valence-corrected chi connectivity index (χ1v) is 8.60. The highest BCUT2D eigenvalue weighted by Crippen LogP contribution is 2.41. The molecule has 2 atom stereocenters. The van der Waals surface area contributed by atoms with Crippen molar-refractivity contribution in [1.29, 1.82) is 0 Å². The molecule has 0 amide bonds. The molecule has 0 radical (unpaired) electrons. The molecule has 0 bridgehead atoms. The molecule has 1 heterocycles. The second-order valence-corrected chi connectivity index (χ2v) is 7.10. The van der Waals surface area contributed by atoms with E-state index in [4.69, 9.17) is 4.74 Å². The monoisotopic (exact) mass is 390 g/mol. The van der Waals surface area contributed by atoms with Crippen molar-refractivity contribution in [2.24, 2.45) is 0 Å². The lowest BCUT2D eigenvalue weighted by Gasteiger charge is -2.21. The number of hydrogen-bond acceptors (Lipinski definition) is 3. The predicted molar refractivity (Wildman–Crippen MR) is 84.5 cm³/mol. The van der Waals surface area contributed by atoms with Crippen molar-refractivity contribution in [1.82, 2.24) is 0 Å². The van der Waals surface area contributed by atoms with Gasteiger partial charge in [-0.3, -0.25) is 9.00 Å². The number of Topliss-reactive ketones (excluding diaryl/α,β-unsaturated/α-hetero) is 1. The van der Waals surface area contributed by atoms with Crippen LogP contribution >= 0.6 is 22.6 Å². The number of rotatable bonds is 3. The van der Waals surface area contributed by atoms with Gasteiger partial charge in [0.05, 0.1) is 0 Å². The van der Waals surface area contributed by atoms with Gasteiger partial charge in [-0.1, -0.05) is 19.1 Å². The first-order chi connectivity index (χ1) is 8.89. The van der Waals surface area contributed by atoms with Crippen molar-refractivity contribution >= 4 is 44.9 Å². The fourth-order valence-corrected chi connectivity index (χ4v) is 3.38. The molecule has 3 nitrogen and oxygen atoms in total. The molecular weight excluding hydrogens is 375 g/mol. The summed E-state index contributed by atoms with van der Waals surface area (Å²) in [5.41, 5.74) is 0.0992. The van der Waals surface area contributed by atoms with Gasteiger partial charge < -0.3 is 4.74 Å². The van der Waals surface area contributed by atoms with E-state index in [-0.39, 0.29) is 5.78 Å². The van der Waals surface area contributed by atoms with Crippen LogP contribution in [0, 0.1) is 0 Å². The average Bonchev–Trinajstić information content (AvgIpc) is 2.64. The molecule has 0 saturated carbocycles. The SMILES string of the molecule is CCC1(C)OC(c2ccc(S(C)=O)cc2)=C(I)C1=O. The zero-order valence-corrected chi connectivity index (χ0v) is 14.0. The third-order valence-corrected chi connectivity index (χ3v) is 5.25. The van der Waals surface area contributed by atoms with Crippen LogP contribution in [0.5, 0.6) is 0 Å². The summed E-state index contributed by atoms with van der Waals surface area (Å²) in [5, 5.41) is 0. The molecule has 2 rings (SSSR count). The topological polar surface area (TPSA) is 43.4 Å². The second-order valence-electron chi connectivity index (χ2n) is 4.64. The van der Waals surface area contributed by atoms with E-state index in [1.165, 1.54) is 0 Å². The van der Waals surface area contributed by atoms with E-state index in [2.05, 4.69) is 0 Å². The van der Waals surface area contributed by atoms with Crippen molar-refractivity contribution in [3.05, 3.63) is 33.4 Å². The fourth-order valence-electron chi connectivity index (χ4n) is 1.87. The van der Waals surface area contributed by atoms with Crippen LogP contribution in [0.4, 0.5) is 0 Å². The van der Waals surface area contributed by atoms with Crippen molar-refractivity contribution < 1.29 is 13.7 Å². The van der Waals surface area contributed by atoms with Gasteiger partial charge in [-0.05, 0) is 48.1 Å². The maximum atomic E-state index is 12.2. The summed E-state index contributed by atoms with van der Waals surface area (Å²) in [6, 6.07) is 7.30. The smallest absolute Gasteiger partial charge is 0.215 e. The molecule has 0 N–H and O–H groups in total. The minimum Gasteiger partial charge on any atom is -0.478 e. The highest BCUT2D eigenvalue weighted by Gasteiger charge is 2.43. The highest BCUT2D eigenvalue weighted by molar-refractivity contribution is 14.1. The first-order valence-electron chi connectivity index (χ1n) is 5.96. The Kier molecular flexibility index (Phi) is 4.15. The maximum Gasteiger partial charge on any atom is 0.215 e. The van der Waals surface area contributed by atoms with Gasteiger partial charge in [0.2, 0.25) is 5.78 Å². The largest absolute Gasteiger partial charge is 0.478 e. The van der Waals surface area contributed by atoms with Crippen molar-refractivity contribution in [3.8, 4) is 0 Å². The van der Waals surface area contributed by atoms with E-state index in [9.17, 15) is 9.00 Å². The molecule has 2 unspecified atom stereocenters. The molecule has 0 aromatic heterocycles. The van der Waals surface area contributed by atoms with Gasteiger partial charge in [-0.15, -0.1) is 0 Å². The molecule has 1 aromatic rings. The number of ether oxygens (including phenoxy) is 1. The standard InChI is InChI=1S/C14H15IO3S/c1-4-14(2)13(16)11(15)12(18-14)9-5-7-10(8-6-9)19(3)17/h5-8H,4H2,1-3H3. The summed E-state index contributed by atoms with van der Waals surface area (Å²) in [6.07, 6.45) is 2.28. The third-order valence-electron chi connectivity index (χ3n) is 3.33. The summed E-state index contributed by atoms with van der Waals surface area (Å²) in [7, 11) is -0.997. The minimum atomic E-state index is -0.997. The van der Waals surface area contributed by atoms with E-state index >= 15 is 0 Å². The van der Waals surface area contributed by atoms with Crippen LogP contribution in [0.3, 0.4) is 0 Å². The van der Waals surface area contributed by atoms with Crippen LogP contribution in [0.15, 0.2) is 32.7 Å². The zero-order valence-electron chi connectivity index (χ0n) is 11.0. The lowest BCUT2D eigenvalue weighted by molar-refractivity contribution is -0.127. The van der Waals surface area contributed by atoms with Crippen molar-refractivity contribution in [3.63, 3.8) is 0 Å². The molecule has 1 aromatic carbocycles. The maximum absolute atomic E-state index is 12.2. The van der Waals surface area contributed by atoms with Gasteiger partial charge in [0.25, 0.3) is 0 Å². The van der Waals surface area contributed by atoms with Crippen LogP contribution in [-0.4, -0.2) is 21.8 Å². The third kappa shape index (κ3) is 2.63. The summed E-state index contributed by atoms with van der Waals surface area (Å²) < 4.78 is 17.8. The van der Waals surface area contributed by atoms with Crippen molar-refractivity contribution in [2.75, 3.05) is 6.26 Å². The Balaban J connectivity index is 2.38. The Hall–Kier alpha value is -0.690. The van der Waals surface area contributed by atoms with Crippen LogP contribution < -0.4 is 0 Å². The van der Waals surface area contributed by atoms with E-state index in [0.29, 0.717) is 15.8 Å². The van der Waals surface area contributed by atoms with Crippen LogP contribution in [0.2, 0.25) is 0 Å². The molecule has 1 aliphatic rings. The van der Waals surface area contributed by atoms with E-state index in [1.807, 2.05) is 48.6 Å². The lowest BCUT2D eigenvalue weighted by atomic mass is 9.99. The lowest BCUT2D eigenvalue weighted by Crippen LogP contribution is -2.32. The summed E-state index contributed by atoms with van der Waals surface area (Å²) in [4.78, 5) is 12.9. The average molecular weight is 390 g/mol. The number of benzene rings is 1. The fraction of sp³-hybridized carbons (Fsp3) is 0.357. The Bertz CT molecular complexity index is 577. The minimum absolute atomic E-state index is 0.0359. The van der Waals surface area contributed by atoms with Crippen molar-refractivity contribution in [2.45, 2.75) is 30.8 Å². The number of halogens is 1. The van der Waals surface area contributed by atoms with Gasteiger partial charge in [-0.2, -0.15) is 0 Å². The number of hydrogen-bond donors (Lipinski definition) is 0. The molecule has 0 saturated heterocycles. The second kappa shape index (κ2) is 5.36. The molecule has 0 spiro atoms. The summed E-state index contributed by atoms with van der Waals surface area (Å²) in [5.74, 6) is 0.664. The van der Waals surface area contributed by atoms with Gasteiger partial charge in [0, 0.05) is 27.5 Å². The summed E-state index contributed by atoms with van der Waals surface area (Å²) >= 11 is 2.04. The highest BCUT2D eigenvalue weighted by atomic mass is 127. The van der Waals surface area contributed by atoms with E-state index in [0.717, 1.165) is 10.5 Å². The molecule has 0 fully saturated rings. The molecule has 1 aliphatic heterocycles. The van der Waals surface area contributed by atoms with E-state index in [1.54, 1.807) is 18.4 Å². The Labute approximate surface area is 129 Å². The quantitative estimate of drug-likeness (QED) is 0.744. The predicted octanol–water partition coefficient (Wildman–Crippen LogP) is 3.30. The number of ketones is 1. The van der Waals surface area contributed by atoms with Gasteiger partial charge in [0.15, 0.2) is 5.60 Å². The zero-order chi connectivity index (χ0) is 14.2. The molecule has 102 valence electrons. The normalized spacial score (nSPS) is 24.5. The Morgan fingerprint density at radius 1 is 1.32 bits per heavy atom. The van der Waals surface area contributed by atoms with Gasteiger partial charge >= 0.3 is 0 Å². The molecular formula is C14H15IO3S. The summed E-state index contributed by atoms with van der Waals surface area (Å²) in [6.45, 7) is 3.75. The first kappa shape index (κ1) is 14.7. The van der Waals surface area contributed by atoms with E-state index < -0.39 is 16.4 Å². The molecule has 0 aliphatic carbocycles. The Morgan fingerprint density at radius 3 is 2.32 bits per heavy atom. The molecule has 19 heavy (non-hydrogen) atoms. The number of carbonyl (C=O) groups is 1. The number of carbonyl (C=O) groups excluding carboxylic acids is 1. The van der Waals surface area contributed by atoms with Crippen LogP contribution in [0.25, 0.3) is 5.76 Å².